The van der Waals surface area contributed by atoms with Gasteiger partial charge in [-0.3, -0.25) is 4.79 Å². The van der Waals surface area contributed by atoms with Gasteiger partial charge in [0, 0.05) is 20.3 Å². The SMILES string of the molecule is COCCCC(N)C(=O)NCC1CCS(=O)(=O)C1. The van der Waals surface area contributed by atoms with Gasteiger partial charge in [0.2, 0.25) is 5.91 Å². The molecule has 0 bridgehead atoms. The van der Waals surface area contributed by atoms with Crippen molar-refractivity contribution in [1.82, 2.24) is 5.32 Å². The number of ether oxygens (including phenoxy) is 1. The van der Waals surface area contributed by atoms with Crippen LogP contribution in [0.5, 0.6) is 0 Å². The standard InChI is InChI=1S/C11H22N2O4S/c1-17-5-2-3-10(12)11(14)13-7-9-4-6-18(15,16)8-9/h9-10H,2-8,12H2,1H3,(H,13,14). The minimum atomic E-state index is -2.88. The van der Waals surface area contributed by atoms with Crippen molar-refractivity contribution in [3.63, 3.8) is 0 Å². The molecular weight excluding hydrogens is 256 g/mol. The third-order valence-corrected chi connectivity index (χ3v) is 4.93. The first-order valence-electron chi connectivity index (χ1n) is 6.17. The van der Waals surface area contributed by atoms with Crippen LogP contribution in [-0.4, -0.2) is 52.1 Å². The van der Waals surface area contributed by atoms with Crippen LogP contribution in [-0.2, 0) is 19.4 Å². The van der Waals surface area contributed by atoms with Crippen LogP contribution in [0.25, 0.3) is 0 Å². The molecule has 0 saturated carbocycles. The molecule has 1 fully saturated rings. The first-order chi connectivity index (χ1) is 8.44. The Kier molecular flexibility index (Phi) is 6.04. The summed E-state index contributed by atoms with van der Waals surface area (Å²) < 4.78 is 27.4. The summed E-state index contributed by atoms with van der Waals surface area (Å²) in [4.78, 5) is 11.6. The highest BCUT2D eigenvalue weighted by molar-refractivity contribution is 7.91. The van der Waals surface area contributed by atoms with E-state index in [1.54, 1.807) is 7.11 Å². The average Bonchev–Trinajstić information content (AvgIpc) is 2.66. The number of nitrogens with two attached hydrogens (primary N) is 1. The molecule has 1 rings (SSSR count). The zero-order valence-electron chi connectivity index (χ0n) is 10.7. The minimum Gasteiger partial charge on any atom is -0.385 e. The van der Waals surface area contributed by atoms with Gasteiger partial charge in [-0.25, -0.2) is 8.42 Å². The molecule has 18 heavy (non-hydrogen) atoms. The van der Waals surface area contributed by atoms with Crippen LogP contribution in [0.3, 0.4) is 0 Å². The van der Waals surface area contributed by atoms with Crippen LogP contribution in [0.4, 0.5) is 0 Å². The second kappa shape index (κ2) is 7.06. The summed E-state index contributed by atoms with van der Waals surface area (Å²) in [5.74, 6) is 0.222. The smallest absolute Gasteiger partial charge is 0.236 e. The van der Waals surface area contributed by atoms with E-state index in [9.17, 15) is 13.2 Å². The molecule has 0 radical (unpaired) electrons. The second-order valence-electron chi connectivity index (χ2n) is 4.76. The monoisotopic (exact) mass is 278 g/mol. The van der Waals surface area contributed by atoms with E-state index in [-0.39, 0.29) is 23.3 Å². The minimum absolute atomic E-state index is 0.0325. The van der Waals surface area contributed by atoms with Gasteiger partial charge < -0.3 is 15.8 Å². The maximum absolute atomic E-state index is 11.6. The van der Waals surface area contributed by atoms with E-state index in [1.807, 2.05) is 0 Å². The number of rotatable bonds is 7. The van der Waals surface area contributed by atoms with Crippen molar-refractivity contribution in [2.75, 3.05) is 31.8 Å². The third kappa shape index (κ3) is 5.32. The van der Waals surface area contributed by atoms with Gasteiger partial charge in [0.15, 0.2) is 9.84 Å². The highest BCUT2D eigenvalue weighted by atomic mass is 32.2. The number of carbonyl (C=O) groups excluding carboxylic acids is 1. The molecule has 1 heterocycles. The summed E-state index contributed by atoms with van der Waals surface area (Å²) in [7, 11) is -1.28. The Bertz CT molecular complexity index is 369. The van der Waals surface area contributed by atoms with Crippen molar-refractivity contribution in [2.24, 2.45) is 11.7 Å². The lowest BCUT2D eigenvalue weighted by Gasteiger charge is -2.14. The lowest BCUT2D eigenvalue weighted by Crippen LogP contribution is -2.42. The lowest BCUT2D eigenvalue weighted by atomic mass is 10.1. The highest BCUT2D eigenvalue weighted by Crippen LogP contribution is 2.17. The number of sulfone groups is 1. The Morgan fingerprint density at radius 3 is 2.83 bits per heavy atom. The molecule has 2 atom stereocenters. The molecule has 1 amide bonds. The van der Waals surface area contributed by atoms with Crippen LogP contribution < -0.4 is 11.1 Å². The van der Waals surface area contributed by atoms with E-state index in [4.69, 9.17) is 10.5 Å². The Morgan fingerprint density at radius 1 is 1.56 bits per heavy atom. The summed E-state index contributed by atoms with van der Waals surface area (Å²) in [6.45, 7) is 0.984. The molecule has 6 nitrogen and oxygen atoms in total. The van der Waals surface area contributed by atoms with Crippen molar-refractivity contribution in [3.05, 3.63) is 0 Å². The van der Waals surface area contributed by atoms with Crippen molar-refractivity contribution >= 4 is 15.7 Å². The molecule has 1 aliphatic rings. The number of hydrogen-bond donors (Lipinski definition) is 2. The molecule has 1 aliphatic heterocycles. The van der Waals surface area contributed by atoms with Gasteiger partial charge in [0.05, 0.1) is 17.5 Å². The van der Waals surface area contributed by atoms with Crippen molar-refractivity contribution in [3.8, 4) is 0 Å². The fourth-order valence-electron chi connectivity index (χ4n) is 1.99. The van der Waals surface area contributed by atoms with E-state index in [1.165, 1.54) is 0 Å². The van der Waals surface area contributed by atoms with Crippen LogP contribution in [0.2, 0.25) is 0 Å². The quantitative estimate of drug-likeness (QED) is 0.600. The Labute approximate surface area is 108 Å². The number of carbonyl (C=O) groups is 1. The molecule has 106 valence electrons. The van der Waals surface area contributed by atoms with Gasteiger partial charge in [0.1, 0.15) is 0 Å². The van der Waals surface area contributed by atoms with Gasteiger partial charge >= 0.3 is 0 Å². The Hall–Kier alpha value is -0.660. The Morgan fingerprint density at radius 2 is 2.28 bits per heavy atom. The zero-order chi connectivity index (χ0) is 13.6. The highest BCUT2D eigenvalue weighted by Gasteiger charge is 2.28. The van der Waals surface area contributed by atoms with Gasteiger partial charge in [-0.05, 0) is 25.2 Å². The molecule has 1 saturated heterocycles. The molecule has 0 aliphatic carbocycles. The fourth-order valence-corrected chi connectivity index (χ4v) is 3.85. The van der Waals surface area contributed by atoms with Crippen molar-refractivity contribution in [1.29, 1.82) is 0 Å². The van der Waals surface area contributed by atoms with Crippen LogP contribution in [0.1, 0.15) is 19.3 Å². The summed E-state index contributed by atoms with van der Waals surface area (Å²) >= 11 is 0. The predicted octanol–water partition coefficient (Wildman–Crippen LogP) is -0.709. The third-order valence-electron chi connectivity index (χ3n) is 3.09. The first kappa shape index (κ1) is 15.4. The number of amides is 1. The summed E-state index contributed by atoms with van der Waals surface area (Å²) in [6.07, 6.45) is 1.94. The normalized spacial score (nSPS) is 23.8. The maximum atomic E-state index is 11.6. The summed E-state index contributed by atoms with van der Waals surface area (Å²) in [5.41, 5.74) is 5.71. The fraction of sp³-hybridized carbons (Fsp3) is 0.909. The van der Waals surface area contributed by atoms with Crippen molar-refractivity contribution in [2.45, 2.75) is 25.3 Å². The van der Waals surface area contributed by atoms with E-state index in [2.05, 4.69) is 5.32 Å². The molecule has 0 aromatic carbocycles. The van der Waals surface area contributed by atoms with E-state index >= 15 is 0 Å². The second-order valence-corrected chi connectivity index (χ2v) is 6.98. The molecule has 2 unspecified atom stereocenters. The van der Waals surface area contributed by atoms with Crippen molar-refractivity contribution < 1.29 is 17.9 Å². The van der Waals surface area contributed by atoms with Gasteiger partial charge in [-0.2, -0.15) is 0 Å². The van der Waals surface area contributed by atoms with Crippen LogP contribution in [0, 0.1) is 5.92 Å². The Balaban J connectivity index is 2.20. The van der Waals surface area contributed by atoms with E-state index < -0.39 is 15.9 Å². The molecule has 0 aromatic heterocycles. The molecule has 0 spiro atoms. The van der Waals surface area contributed by atoms with Crippen LogP contribution >= 0.6 is 0 Å². The summed E-state index contributed by atoms with van der Waals surface area (Å²) in [6, 6.07) is -0.543. The molecular formula is C11H22N2O4S. The zero-order valence-corrected chi connectivity index (χ0v) is 11.5. The lowest BCUT2D eigenvalue weighted by molar-refractivity contribution is -0.122. The summed E-state index contributed by atoms with van der Waals surface area (Å²) in [5, 5.41) is 2.72. The number of methoxy groups -OCH3 is 1. The van der Waals surface area contributed by atoms with Gasteiger partial charge in [0.25, 0.3) is 0 Å². The van der Waals surface area contributed by atoms with E-state index in [0.29, 0.717) is 26.0 Å². The maximum Gasteiger partial charge on any atom is 0.236 e. The first-order valence-corrected chi connectivity index (χ1v) is 7.99. The topological polar surface area (TPSA) is 98.5 Å². The van der Waals surface area contributed by atoms with Gasteiger partial charge in [-0.15, -0.1) is 0 Å². The molecule has 7 heteroatoms. The van der Waals surface area contributed by atoms with Crippen LogP contribution in [0.15, 0.2) is 0 Å². The molecule has 3 N–H and O–H groups in total. The largest absolute Gasteiger partial charge is 0.385 e. The molecule has 0 aromatic rings. The average molecular weight is 278 g/mol. The van der Waals surface area contributed by atoms with Gasteiger partial charge in [-0.1, -0.05) is 0 Å². The predicted molar refractivity (Wildman–Crippen MR) is 68.9 cm³/mol. The van der Waals surface area contributed by atoms with E-state index in [0.717, 1.165) is 6.42 Å². The number of nitrogens with one attached hydrogen (secondary N) is 1. The number of hydrogen-bond acceptors (Lipinski definition) is 5.